The van der Waals surface area contributed by atoms with Crippen LogP contribution < -0.4 is 5.73 Å². The zero-order valence-corrected chi connectivity index (χ0v) is 12.4. The molecule has 1 fully saturated rings. The first kappa shape index (κ1) is 13.6. The maximum atomic E-state index is 9.31. The van der Waals surface area contributed by atoms with E-state index in [1.807, 2.05) is 0 Å². The first-order chi connectivity index (χ1) is 9.64. The molecule has 4 nitrogen and oxygen atoms in total. The highest BCUT2D eigenvalue weighted by molar-refractivity contribution is 5.20. The van der Waals surface area contributed by atoms with Gasteiger partial charge in [0.25, 0.3) is 0 Å². The molecule has 1 aromatic heterocycles. The molecule has 20 heavy (non-hydrogen) atoms. The summed E-state index contributed by atoms with van der Waals surface area (Å²) in [7, 11) is 0. The number of nitrogens with zero attached hydrogens (tertiary/aromatic N) is 3. The van der Waals surface area contributed by atoms with Crippen LogP contribution in [-0.2, 0) is 19.4 Å². The van der Waals surface area contributed by atoms with Crippen LogP contribution in [0, 0.1) is 24.2 Å². The van der Waals surface area contributed by atoms with E-state index < -0.39 is 5.54 Å². The molecule has 0 aliphatic heterocycles. The van der Waals surface area contributed by atoms with Crippen molar-refractivity contribution in [2.24, 2.45) is 11.7 Å². The third-order valence-electron chi connectivity index (χ3n) is 5.20. The number of nitriles is 1. The van der Waals surface area contributed by atoms with Gasteiger partial charge >= 0.3 is 0 Å². The van der Waals surface area contributed by atoms with E-state index in [1.165, 1.54) is 24.2 Å². The Morgan fingerprint density at radius 1 is 1.40 bits per heavy atom. The highest BCUT2D eigenvalue weighted by Crippen LogP contribution is 2.36. The Labute approximate surface area is 121 Å². The van der Waals surface area contributed by atoms with Crippen molar-refractivity contribution in [1.29, 1.82) is 5.26 Å². The van der Waals surface area contributed by atoms with Crippen LogP contribution in [0.15, 0.2) is 0 Å². The van der Waals surface area contributed by atoms with E-state index in [4.69, 9.17) is 10.7 Å². The lowest BCUT2D eigenvalue weighted by atomic mass is 9.87. The van der Waals surface area contributed by atoms with E-state index in [9.17, 15) is 5.26 Å². The van der Waals surface area contributed by atoms with Crippen molar-refractivity contribution in [2.75, 3.05) is 0 Å². The molecule has 108 valence electrons. The lowest BCUT2D eigenvalue weighted by Crippen LogP contribution is -2.42. The highest BCUT2D eigenvalue weighted by atomic mass is 15.1. The minimum absolute atomic E-state index is 0.341. The molecule has 1 aromatic rings. The topological polar surface area (TPSA) is 67.6 Å². The summed E-state index contributed by atoms with van der Waals surface area (Å²) in [5, 5.41) is 9.31. The molecule has 2 N–H and O–H groups in total. The van der Waals surface area contributed by atoms with Crippen molar-refractivity contribution in [3.63, 3.8) is 0 Å². The molecule has 0 saturated heterocycles. The summed E-state index contributed by atoms with van der Waals surface area (Å²) in [5.74, 6) is 1.48. The van der Waals surface area contributed by atoms with Gasteiger partial charge in [-0.25, -0.2) is 4.98 Å². The number of aryl methyl sites for hydroxylation is 2. The monoisotopic (exact) mass is 272 g/mol. The molecule has 0 radical (unpaired) electrons. The number of hydrogen-bond acceptors (Lipinski definition) is 3. The third kappa shape index (κ3) is 2.25. The molecule has 2 unspecified atom stereocenters. The Kier molecular flexibility index (Phi) is 3.55. The van der Waals surface area contributed by atoms with E-state index in [-0.39, 0.29) is 0 Å². The van der Waals surface area contributed by atoms with Gasteiger partial charge in [0.05, 0.1) is 11.8 Å². The van der Waals surface area contributed by atoms with Gasteiger partial charge in [-0.15, -0.1) is 0 Å². The van der Waals surface area contributed by atoms with Gasteiger partial charge in [0.15, 0.2) is 0 Å². The van der Waals surface area contributed by atoms with Gasteiger partial charge in [0.2, 0.25) is 0 Å². The fourth-order valence-corrected chi connectivity index (χ4v) is 3.97. The Morgan fingerprint density at radius 2 is 2.20 bits per heavy atom. The molecular weight excluding hydrogens is 248 g/mol. The Bertz CT molecular complexity index is 539. The third-order valence-corrected chi connectivity index (χ3v) is 5.20. The molecular formula is C16H24N4. The fraction of sp³-hybridized carbons (Fsp3) is 0.750. The van der Waals surface area contributed by atoms with Gasteiger partial charge in [-0.2, -0.15) is 5.26 Å². The summed E-state index contributed by atoms with van der Waals surface area (Å²) in [6.45, 7) is 3.08. The van der Waals surface area contributed by atoms with Crippen LogP contribution in [-0.4, -0.2) is 15.1 Å². The SMILES string of the molecule is Cc1nc2c(n1CCC1CCCC1(N)C#N)CCCC2. The first-order valence-corrected chi connectivity index (χ1v) is 7.89. The number of aromatic nitrogens is 2. The van der Waals surface area contributed by atoms with Crippen LogP contribution in [0.25, 0.3) is 0 Å². The van der Waals surface area contributed by atoms with Crippen LogP contribution in [0.2, 0.25) is 0 Å². The Hall–Kier alpha value is -1.34. The van der Waals surface area contributed by atoms with E-state index in [0.717, 1.165) is 50.9 Å². The molecule has 1 saturated carbocycles. The molecule has 0 spiro atoms. The zero-order valence-electron chi connectivity index (χ0n) is 12.4. The smallest absolute Gasteiger partial charge is 0.107 e. The van der Waals surface area contributed by atoms with Crippen molar-refractivity contribution in [2.45, 2.75) is 70.4 Å². The quantitative estimate of drug-likeness (QED) is 0.919. The number of hydrogen-bond donors (Lipinski definition) is 1. The van der Waals surface area contributed by atoms with Crippen molar-refractivity contribution in [3.8, 4) is 6.07 Å². The molecule has 2 aliphatic carbocycles. The summed E-state index contributed by atoms with van der Waals surface area (Å²) in [4.78, 5) is 4.72. The second kappa shape index (κ2) is 5.21. The Balaban J connectivity index is 1.73. The van der Waals surface area contributed by atoms with Crippen LogP contribution in [0.3, 0.4) is 0 Å². The van der Waals surface area contributed by atoms with E-state index >= 15 is 0 Å². The van der Waals surface area contributed by atoms with Gasteiger partial charge in [-0.1, -0.05) is 6.42 Å². The summed E-state index contributed by atoms with van der Waals surface area (Å²) in [6.07, 6.45) is 8.89. The fourth-order valence-electron chi connectivity index (χ4n) is 3.97. The second-order valence-corrected chi connectivity index (χ2v) is 6.44. The van der Waals surface area contributed by atoms with Crippen LogP contribution in [0.4, 0.5) is 0 Å². The Morgan fingerprint density at radius 3 is 3.00 bits per heavy atom. The molecule has 0 amide bonds. The zero-order chi connectivity index (χ0) is 14.2. The van der Waals surface area contributed by atoms with Crippen LogP contribution >= 0.6 is 0 Å². The van der Waals surface area contributed by atoms with Gasteiger partial charge in [-0.3, -0.25) is 0 Å². The molecule has 2 atom stereocenters. The minimum Gasteiger partial charge on any atom is -0.332 e. The number of imidazole rings is 1. The second-order valence-electron chi connectivity index (χ2n) is 6.44. The largest absolute Gasteiger partial charge is 0.332 e. The average molecular weight is 272 g/mol. The van der Waals surface area contributed by atoms with Gasteiger partial charge in [0, 0.05) is 12.2 Å². The molecule has 0 aromatic carbocycles. The van der Waals surface area contributed by atoms with E-state index in [1.54, 1.807) is 0 Å². The van der Waals surface area contributed by atoms with Crippen molar-refractivity contribution >= 4 is 0 Å². The van der Waals surface area contributed by atoms with Crippen LogP contribution in [0.5, 0.6) is 0 Å². The average Bonchev–Trinajstić information content (AvgIpc) is 2.97. The van der Waals surface area contributed by atoms with Gasteiger partial charge < -0.3 is 10.3 Å². The normalized spacial score (nSPS) is 29.1. The summed E-state index contributed by atoms with van der Waals surface area (Å²) >= 11 is 0. The molecule has 4 heteroatoms. The van der Waals surface area contributed by atoms with Gasteiger partial charge in [-0.05, 0) is 57.8 Å². The van der Waals surface area contributed by atoms with Crippen molar-refractivity contribution in [3.05, 3.63) is 17.2 Å². The molecule has 2 aliphatic rings. The molecule has 1 heterocycles. The summed E-state index contributed by atoms with van der Waals surface area (Å²) < 4.78 is 2.38. The predicted octanol–water partition coefficient (Wildman–Crippen LogP) is 2.48. The van der Waals surface area contributed by atoms with Crippen molar-refractivity contribution < 1.29 is 0 Å². The lowest BCUT2D eigenvalue weighted by Gasteiger charge is -2.24. The summed E-state index contributed by atoms with van der Waals surface area (Å²) in [6, 6.07) is 2.35. The molecule has 3 rings (SSSR count). The number of nitrogens with two attached hydrogens (primary N) is 1. The van der Waals surface area contributed by atoms with Crippen LogP contribution in [0.1, 0.15) is 55.7 Å². The maximum absolute atomic E-state index is 9.31. The standard InChI is InChI=1S/C16H24N4/c1-12-19-14-6-2-3-7-15(14)20(12)10-8-13-5-4-9-16(13,18)11-17/h13H,2-10,18H2,1H3. The van der Waals surface area contributed by atoms with Crippen molar-refractivity contribution in [1.82, 2.24) is 9.55 Å². The summed E-state index contributed by atoms with van der Waals surface area (Å²) in [5.41, 5.74) is 8.38. The lowest BCUT2D eigenvalue weighted by molar-refractivity contribution is 0.349. The van der Waals surface area contributed by atoms with E-state index in [0.29, 0.717) is 5.92 Å². The highest BCUT2D eigenvalue weighted by Gasteiger charge is 2.39. The maximum Gasteiger partial charge on any atom is 0.107 e. The minimum atomic E-state index is -0.589. The van der Waals surface area contributed by atoms with E-state index in [2.05, 4.69) is 17.6 Å². The molecule has 0 bridgehead atoms. The van der Waals surface area contributed by atoms with Gasteiger partial charge in [0.1, 0.15) is 11.4 Å². The number of rotatable bonds is 3. The predicted molar refractivity (Wildman–Crippen MR) is 78.1 cm³/mol. The number of fused-ring (bicyclic) bond motifs is 1. The first-order valence-electron chi connectivity index (χ1n) is 7.89.